The number of amides is 2. The van der Waals surface area contributed by atoms with Crippen molar-refractivity contribution >= 4 is 40.8 Å². The Morgan fingerprint density at radius 3 is 2.65 bits per heavy atom. The van der Waals surface area contributed by atoms with Crippen LogP contribution in [0.15, 0.2) is 17.2 Å². The van der Waals surface area contributed by atoms with Crippen LogP contribution >= 0.6 is 22.9 Å². The standard InChI is InChI=1S/C26H39ClN4O2S/c1-19(27)17-23-20(2)29-26(34-23)13-12-25(33)30-22(21-9-4-5-10-21)18-28-24(32)11-8-16-31-14-6-3-7-15-31/h8,11,17,21-22H,3-7,9-10,12-16,18H2,1-2H3,(H,28,32)(H,30,33)/b11-8+,19-17+. The lowest BCUT2D eigenvalue weighted by Crippen LogP contribution is -2.47. The Kier molecular flexibility index (Phi) is 11.1. The van der Waals surface area contributed by atoms with E-state index in [0.29, 0.717) is 25.3 Å². The third-order valence-corrected chi connectivity index (χ3v) is 7.94. The quantitative estimate of drug-likeness (QED) is 0.422. The second kappa shape index (κ2) is 14.0. The SMILES string of the molecule is C/C(Cl)=C\c1sc(CCC(=O)NC(CNC(=O)/C=C/CN2CCCCC2)C2CCCC2)nc1C. The molecule has 1 aromatic rings. The number of nitrogens with zero attached hydrogens (tertiary/aromatic N) is 2. The lowest BCUT2D eigenvalue weighted by molar-refractivity contribution is -0.122. The maximum Gasteiger partial charge on any atom is 0.243 e. The minimum Gasteiger partial charge on any atom is -0.351 e. The van der Waals surface area contributed by atoms with E-state index in [0.717, 1.165) is 53.1 Å². The number of nitrogens with one attached hydrogen (secondary N) is 2. The maximum atomic E-state index is 12.7. The number of carbonyl (C=O) groups is 2. The molecule has 0 aromatic carbocycles. The van der Waals surface area contributed by atoms with E-state index in [1.807, 2.05) is 26.0 Å². The van der Waals surface area contributed by atoms with Crippen molar-refractivity contribution in [2.45, 2.75) is 77.7 Å². The van der Waals surface area contributed by atoms with Crippen LogP contribution in [0.2, 0.25) is 0 Å². The van der Waals surface area contributed by atoms with Gasteiger partial charge in [-0.1, -0.05) is 36.9 Å². The van der Waals surface area contributed by atoms with Crippen LogP contribution in [0.25, 0.3) is 6.08 Å². The predicted octanol–water partition coefficient (Wildman–Crippen LogP) is 4.82. The number of carbonyl (C=O) groups excluding carboxylic acids is 2. The lowest BCUT2D eigenvalue weighted by atomic mass is 9.97. The lowest BCUT2D eigenvalue weighted by Gasteiger charge is -2.25. The Morgan fingerprint density at radius 1 is 1.21 bits per heavy atom. The number of halogens is 1. The third-order valence-electron chi connectivity index (χ3n) is 6.67. The van der Waals surface area contributed by atoms with Gasteiger partial charge in [-0.05, 0) is 64.6 Å². The number of likely N-dealkylation sites (tertiary alicyclic amines) is 1. The summed E-state index contributed by atoms with van der Waals surface area (Å²) in [5, 5.41) is 7.89. The smallest absolute Gasteiger partial charge is 0.243 e. The van der Waals surface area contributed by atoms with Crippen molar-refractivity contribution in [1.29, 1.82) is 0 Å². The highest BCUT2D eigenvalue weighted by Gasteiger charge is 2.26. The first-order valence-electron chi connectivity index (χ1n) is 12.7. The number of allylic oxidation sites excluding steroid dienone is 1. The third kappa shape index (κ3) is 9.16. The van der Waals surface area contributed by atoms with Crippen molar-refractivity contribution in [3.63, 3.8) is 0 Å². The van der Waals surface area contributed by atoms with Gasteiger partial charge in [0.15, 0.2) is 0 Å². The molecule has 2 amide bonds. The van der Waals surface area contributed by atoms with E-state index >= 15 is 0 Å². The Bertz CT molecular complexity index is 866. The van der Waals surface area contributed by atoms with Gasteiger partial charge in [0.25, 0.3) is 0 Å². The zero-order chi connectivity index (χ0) is 24.3. The van der Waals surface area contributed by atoms with Crippen LogP contribution in [0, 0.1) is 12.8 Å². The summed E-state index contributed by atoms with van der Waals surface area (Å²) in [7, 11) is 0. The molecule has 2 fully saturated rings. The zero-order valence-corrected chi connectivity index (χ0v) is 22.1. The maximum absolute atomic E-state index is 12.7. The van der Waals surface area contributed by atoms with Gasteiger partial charge >= 0.3 is 0 Å². The summed E-state index contributed by atoms with van der Waals surface area (Å²) < 4.78 is 0. The normalized spacial score (nSPS) is 19.0. The number of thiazole rings is 1. The first kappa shape index (κ1) is 26.9. The van der Waals surface area contributed by atoms with E-state index < -0.39 is 0 Å². The highest BCUT2D eigenvalue weighted by atomic mass is 35.5. The molecule has 2 aliphatic rings. The van der Waals surface area contributed by atoms with Crippen LogP contribution < -0.4 is 10.6 Å². The zero-order valence-electron chi connectivity index (χ0n) is 20.6. The molecule has 1 unspecified atom stereocenters. The summed E-state index contributed by atoms with van der Waals surface area (Å²) in [6, 6.07) is -0.0233. The molecule has 1 aliphatic carbocycles. The second-order valence-electron chi connectivity index (χ2n) is 9.52. The number of aryl methyl sites for hydroxylation is 2. The van der Waals surface area contributed by atoms with Gasteiger partial charge in [-0.25, -0.2) is 4.98 Å². The number of hydrogen-bond donors (Lipinski definition) is 2. The van der Waals surface area contributed by atoms with Gasteiger partial charge in [0.1, 0.15) is 0 Å². The fourth-order valence-corrected chi connectivity index (χ4v) is 6.05. The molecule has 1 aromatic heterocycles. The molecule has 2 heterocycles. The molecular weight excluding hydrogens is 468 g/mol. The van der Waals surface area contributed by atoms with E-state index in [2.05, 4.69) is 20.5 Å². The Labute approximate surface area is 213 Å². The van der Waals surface area contributed by atoms with Crippen LogP contribution in [-0.4, -0.2) is 53.9 Å². The molecule has 188 valence electrons. The molecule has 34 heavy (non-hydrogen) atoms. The minimum atomic E-state index is -0.0808. The minimum absolute atomic E-state index is 0.0188. The molecule has 8 heteroatoms. The van der Waals surface area contributed by atoms with E-state index in [9.17, 15) is 9.59 Å². The summed E-state index contributed by atoms with van der Waals surface area (Å²) >= 11 is 7.58. The average Bonchev–Trinajstić information content (AvgIpc) is 3.46. The average molecular weight is 507 g/mol. The van der Waals surface area contributed by atoms with E-state index in [4.69, 9.17) is 11.6 Å². The van der Waals surface area contributed by atoms with Crippen LogP contribution in [0.4, 0.5) is 0 Å². The van der Waals surface area contributed by atoms with Crippen LogP contribution in [0.1, 0.15) is 73.9 Å². The van der Waals surface area contributed by atoms with E-state index in [-0.39, 0.29) is 17.9 Å². The molecule has 0 bridgehead atoms. The fraction of sp³-hybridized carbons (Fsp3) is 0.654. The van der Waals surface area contributed by atoms with Crippen molar-refractivity contribution in [2.75, 3.05) is 26.2 Å². The first-order valence-corrected chi connectivity index (χ1v) is 13.9. The Balaban J connectivity index is 1.46. The summed E-state index contributed by atoms with van der Waals surface area (Å²) in [5.41, 5.74) is 0.945. The van der Waals surface area contributed by atoms with Gasteiger partial charge in [0, 0.05) is 43.1 Å². The summed E-state index contributed by atoms with van der Waals surface area (Å²) in [5.74, 6) is 0.361. The number of hydrogen-bond acceptors (Lipinski definition) is 5. The van der Waals surface area contributed by atoms with E-state index in [1.54, 1.807) is 17.4 Å². The van der Waals surface area contributed by atoms with Gasteiger partial charge in [0.05, 0.1) is 15.6 Å². The predicted molar refractivity (Wildman–Crippen MR) is 141 cm³/mol. The molecule has 1 aliphatic heterocycles. The number of aromatic nitrogens is 1. The summed E-state index contributed by atoms with van der Waals surface area (Å²) in [6.45, 7) is 7.35. The molecular formula is C26H39ClN4O2S. The molecule has 6 nitrogen and oxygen atoms in total. The fourth-order valence-electron chi connectivity index (χ4n) is 4.80. The van der Waals surface area contributed by atoms with Crippen molar-refractivity contribution in [3.8, 4) is 0 Å². The highest BCUT2D eigenvalue weighted by Crippen LogP contribution is 2.28. The molecule has 3 rings (SSSR count). The van der Waals surface area contributed by atoms with Crippen LogP contribution in [-0.2, 0) is 16.0 Å². The molecule has 2 N–H and O–H groups in total. The van der Waals surface area contributed by atoms with Crippen molar-refractivity contribution in [2.24, 2.45) is 5.92 Å². The van der Waals surface area contributed by atoms with E-state index in [1.165, 1.54) is 32.1 Å². The van der Waals surface area contributed by atoms with Crippen molar-refractivity contribution < 1.29 is 9.59 Å². The Hall–Kier alpha value is -1.70. The topological polar surface area (TPSA) is 74.3 Å². The Morgan fingerprint density at radius 2 is 1.94 bits per heavy atom. The molecule has 0 spiro atoms. The van der Waals surface area contributed by atoms with Crippen LogP contribution in [0.5, 0.6) is 0 Å². The van der Waals surface area contributed by atoms with Gasteiger partial charge in [-0.15, -0.1) is 11.3 Å². The number of rotatable bonds is 11. The molecule has 1 atom stereocenters. The monoisotopic (exact) mass is 506 g/mol. The second-order valence-corrected chi connectivity index (χ2v) is 11.2. The molecule has 0 radical (unpaired) electrons. The number of piperidine rings is 1. The summed E-state index contributed by atoms with van der Waals surface area (Å²) in [4.78, 5) is 33.1. The summed E-state index contributed by atoms with van der Waals surface area (Å²) in [6.07, 6.45) is 14.9. The molecule has 1 saturated carbocycles. The van der Waals surface area contributed by atoms with Crippen molar-refractivity contribution in [1.82, 2.24) is 20.5 Å². The van der Waals surface area contributed by atoms with Gasteiger partial charge in [0.2, 0.25) is 11.8 Å². The van der Waals surface area contributed by atoms with Crippen molar-refractivity contribution in [3.05, 3.63) is 32.8 Å². The first-order chi connectivity index (χ1) is 16.4. The largest absolute Gasteiger partial charge is 0.351 e. The van der Waals surface area contributed by atoms with Gasteiger partial charge in [-0.2, -0.15) is 0 Å². The molecule has 1 saturated heterocycles. The van der Waals surface area contributed by atoms with Crippen LogP contribution in [0.3, 0.4) is 0 Å². The van der Waals surface area contributed by atoms with Gasteiger partial charge in [-0.3, -0.25) is 14.5 Å². The van der Waals surface area contributed by atoms with Gasteiger partial charge < -0.3 is 10.6 Å². The highest BCUT2D eigenvalue weighted by molar-refractivity contribution is 7.12.